The van der Waals surface area contributed by atoms with E-state index in [4.69, 9.17) is 14.2 Å². The lowest BCUT2D eigenvalue weighted by atomic mass is 10.2. The molecule has 0 heterocycles. The summed E-state index contributed by atoms with van der Waals surface area (Å²) in [4.78, 5) is 23.9. The molecule has 0 fully saturated rings. The van der Waals surface area contributed by atoms with Crippen molar-refractivity contribution in [3.05, 3.63) is 52.0 Å². The van der Waals surface area contributed by atoms with Gasteiger partial charge in [-0.25, -0.2) is 4.79 Å². The zero-order chi connectivity index (χ0) is 18.4. The molecule has 0 unspecified atom stereocenters. The first-order chi connectivity index (χ1) is 11.9. The summed E-state index contributed by atoms with van der Waals surface area (Å²) in [7, 11) is 2.78. The standard InChI is InChI=1S/C18H18BrNO5/c1-11-8-12(4-7-15(11)19)20-17(21)10-25-16-9-13(23-2)5-6-14(16)18(22)24-3/h4-9H,10H2,1-3H3,(H,20,21). The van der Waals surface area contributed by atoms with Crippen molar-refractivity contribution in [3.8, 4) is 11.5 Å². The smallest absolute Gasteiger partial charge is 0.341 e. The van der Waals surface area contributed by atoms with Gasteiger partial charge in [0, 0.05) is 16.2 Å². The monoisotopic (exact) mass is 407 g/mol. The van der Waals surface area contributed by atoms with Gasteiger partial charge in [0.05, 0.1) is 14.2 Å². The molecular weight excluding hydrogens is 390 g/mol. The van der Waals surface area contributed by atoms with Crippen molar-refractivity contribution >= 4 is 33.5 Å². The Kier molecular flexibility index (Phi) is 6.41. The van der Waals surface area contributed by atoms with E-state index in [0.717, 1.165) is 10.0 Å². The van der Waals surface area contributed by atoms with Crippen molar-refractivity contribution in [2.24, 2.45) is 0 Å². The minimum atomic E-state index is -0.554. The lowest BCUT2D eigenvalue weighted by Crippen LogP contribution is -2.21. The van der Waals surface area contributed by atoms with Gasteiger partial charge in [-0.15, -0.1) is 0 Å². The summed E-state index contributed by atoms with van der Waals surface area (Å²) in [6, 6.07) is 10.1. The van der Waals surface area contributed by atoms with Crippen LogP contribution in [0.25, 0.3) is 0 Å². The van der Waals surface area contributed by atoms with Crippen LogP contribution in [-0.2, 0) is 9.53 Å². The molecule has 6 nitrogen and oxygen atoms in total. The minimum absolute atomic E-state index is 0.216. The van der Waals surface area contributed by atoms with Crippen LogP contribution in [0, 0.1) is 6.92 Å². The van der Waals surface area contributed by atoms with Crippen molar-refractivity contribution in [3.63, 3.8) is 0 Å². The van der Waals surface area contributed by atoms with E-state index in [1.165, 1.54) is 26.4 Å². The number of rotatable bonds is 6. The van der Waals surface area contributed by atoms with E-state index < -0.39 is 5.97 Å². The first-order valence-electron chi connectivity index (χ1n) is 7.39. The van der Waals surface area contributed by atoms with Crippen LogP contribution in [0.15, 0.2) is 40.9 Å². The molecule has 0 spiro atoms. The van der Waals surface area contributed by atoms with E-state index in [1.54, 1.807) is 12.1 Å². The lowest BCUT2D eigenvalue weighted by molar-refractivity contribution is -0.118. The van der Waals surface area contributed by atoms with Crippen LogP contribution in [0.3, 0.4) is 0 Å². The van der Waals surface area contributed by atoms with Crippen molar-refractivity contribution in [2.75, 3.05) is 26.1 Å². The number of carbonyl (C=O) groups excluding carboxylic acids is 2. The topological polar surface area (TPSA) is 73.9 Å². The van der Waals surface area contributed by atoms with Crippen molar-refractivity contribution in [1.82, 2.24) is 0 Å². The van der Waals surface area contributed by atoms with Crippen molar-refractivity contribution in [2.45, 2.75) is 6.92 Å². The first kappa shape index (κ1) is 18.8. The number of hydrogen-bond donors (Lipinski definition) is 1. The third-order valence-corrected chi connectivity index (χ3v) is 4.28. The number of aryl methyl sites for hydroxylation is 1. The average Bonchev–Trinajstić information content (AvgIpc) is 2.62. The Bertz CT molecular complexity index is 791. The molecule has 2 aromatic rings. The van der Waals surface area contributed by atoms with Crippen LogP contribution >= 0.6 is 15.9 Å². The van der Waals surface area contributed by atoms with Crippen molar-refractivity contribution in [1.29, 1.82) is 0 Å². The highest BCUT2D eigenvalue weighted by molar-refractivity contribution is 9.10. The predicted octanol–water partition coefficient (Wildman–Crippen LogP) is 3.57. The Labute approximate surface area is 154 Å². The van der Waals surface area contributed by atoms with E-state index in [2.05, 4.69) is 21.2 Å². The fourth-order valence-corrected chi connectivity index (χ4v) is 2.34. The molecule has 7 heteroatoms. The number of nitrogens with one attached hydrogen (secondary N) is 1. The van der Waals surface area contributed by atoms with Gasteiger partial charge in [-0.1, -0.05) is 15.9 Å². The molecule has 25 heavy (non-hydrogen) atoms. The molecule has 0 aliphatic rings. The van der Waals surface area contributed by atoms with Gasteiger partial charge in [-0.2, -0.15) is 0 Å². The summed E-state index contributed by atoms with van der Waals surface area (Å²) in [5.74, 6) is -0.179. The van der Waals surface area contributed by atoms with Gasteiger partial charge in [-0.3, -0.25) is 4.79 Å². The quantitative estimate of drug-likeness (QED) is 0.740. The second-order valence-corrected chi connectivity index (χ2v) is 6.01. The largest absolute Gasteiger partial charge is 0.497 e. The van der Waals surface area contributed by atoms with E-state index in [1.807, 2.05) is 19.1 Å². The number of ether oxygens (including phenoxy) is 3. The van der Waals surface area contributed by atoms with Crippen LogP contribution in [0.2, 0.25) is 0 Å². The number of anilines is 1. The van der Waals surface area contributed by atoms with Gasteiger partial charge >= 0.3 is 5.97 Å². The van der Waals surface area contributed by atoms with E-state index in [-0.39, 0.29) is 23.8 Å². The van der Waals surface area contributed by atoms with Gasteiger partial charge in [0.15, 0.2) is 6.61 Å². The van der Waals surface area contributed by atoms with Crippen LogP contribution in [-0.4, -0.2) is 32.7 Å². The summed E-state index contributed by atoms with van der Waals surface area (Å²) in [6.45, 7) is 1.67. The Morgan fingerprint density at radius 2 is 1.88 bits per heavy atom. The van der Waals surface area contributed by atoms with Crippen LogP contribution in [0.5, 0.6) is 11.5 Å². The number of esters is 1. The summed E-state index contributed by atoms with van der Waals surface area (Å²) < 4.78 is 16.3. The molecule has 0 radical (unpaired) electrons. The predicted molar refractivity (Wildman–Crippen MR) is 97.3 cm³/mol. The van der Waals surface area contributed by atoms with Gasteiger partial charge < -0.3 is 19.5 Å². The van der Waals surface area contributed by atoms with E-state index in [0.29, 0.717) is 11.4 Å². The van der Waals surface area contributed by atoms with Crippen LogP contribution < -0.4 is 14.8 Å². The van der Waals surface area contributed by atoms with Gasteiger partial charge in [0.2, 0.25) is 0 Å². The van der Waals surface area contributed by atoms with E-state index >= 15 is 0 Å². The normalized spacial score (nSPS) is 10.1. The SMILES string of the molecule is COC(=O)c1ccc(OC)cc1OCC(=O)Nc1ccc(Br)c(C)c1. The number of carbonyl (C=O) groups is 2. The van der Waals surface area contributed by atoms with Crippen LogP contribution in [0.4, 0.5) is 5.69 Å². The second kappa shape index (κ2) is 8.53. The Balaban J connectivity index is 2.07. The molecule has 0 aromatic heterocycles. The maximum Gasteiger partial charge on any atom is 0.341 e. The molecule has 0 bridgehead atoms. The number of hydrogen-bond acceptors (Lipinski definition) is 5. The highest BCUT2D eigenvalue weighted by atomic mass is 79.9. The molecule has 2 rings (SSSR count). The zero-order valence-electron chi connectivity index (χ0n) is 14.1. The molecule has 0 saturated heterocycles. The number of amides is 1. The first-order valence-corrected chi connectivity index (χ1v) is 8.19. The van der Waals surface area contributed by atoms with Gasteiger partial charge in [0.25, 0.3) is 5.91 Å². The summed E-state index contributed by atoms with van der Waals surface area (Å²) in [5, 5.41) is 2.74. The molecule has 0 atom stereocenters. The second-order valence-electron chi connectivity index (χ2n) is 5.15. The maximum absolute atomic E-state index is 12.1. The number of halogens is 1. The summed E-state index contributed by atoms with van der Waals surface area (Å²) in [6.07, 6.45) is 0. The molecule has 0 aliphatic heterocycles. The average molecular weight is 408 g/mol. The summed E-state index contributed by atoms with van der Waals surface area (Å²) in [5.41, 5.74) is 1.88. The van der Waals surface area contributed by atoms with E-state index in [9.17, 15) is 9.59 Å². The Morgan fingerprint density at radius 1 is 1.12 bits per heavy atom. The molecule has 1 amide bonds. The van der Waals surface area contributed by atoms with Gasteiger partial charge in [-0.05, 0) is 42.8 Å². The highest BCUT2D eigenvalue weighted by Crippen LogP contribution is 2.26. The maximum atomic E-state index is 12.1. The lowest BCUT2D eigenvalue weighted by Gasteiger charge is -2.12. The fraction of sp³-hybridized carbons (Fsp3) is 0.222. The Morgan fingerprint density at radius 3 is 2.52 bits per heavy atom. The Hall–Kier alpha value is -2.54. The number of methoxy groups -OCH3 is 2. The molecule has 1 N–H and O–H groups in total. The number of benzene rings is 2. The van der Waals surface area contributed by atoms with Crippen molar-refractivity contribution < 1.29 is 23.8 Å². The third-order valence-electron chi connectivity index (χ3n) is 3.39. The highest BCUT2D eigenvalue weighted by Gasteiger charge is 2.15. The molecular formula is C18H18BrNO5. The third kappa shape index (κ3) is 4.96. The molecule has 0 aliphatic carbocycles. The zero-order valence-corrected chi connectivity index (χ0v) is 15.7. The summed E-state index contributed by atoms with van der Waals surface area (Å²) >= 11 is 3.41. The van der Waals surface area contributed by atoms with Crippen LogP contribution in [0.1, 0.15) is 15.9 Å². The molecule has 132 valence electrons. The van der Waals surface area contributed by atoms with Gasteiger partial charge in [0.1, 0.15) is 17.1 Å². The molecule has 2 aromatic carbocycles. The molecule has 0 saturated carbocycles. The minimum Gasteiger partial charge on any atom is -0.497 e. The fourth-order valence-electron chi connectivity index (χ4n) is 2.09.